The minimum atomic E-state index is -0.902. The normalized spacial score (nSPS) is 22.8. The predicted octanol–water partition coefficient (Wildman–Crippen LogP) is 0.729. The third kappa shape index (κ3) is 3.59. The van der Waals surface area contributed by atoms with Gasteiger partial charge in [-0.3, -0.25) is 4.90 Å². The van der Waals surface area contributed by atoms with E-state index in [0.29, 0.717) is 25.6 Å². The van der Waals surface area contributed by atoms with E-state index in [1.807, 2.05) is 0 Å². The van der Waals surface area contributed by atoms with Crippen molar-refractivity contribution in [1.82, 2.24) is 15.1 Å². The Labute approximate surface area is 113 Å². The molecule has 1 aliphatic heterocycles. The molecular weight excluding hydrogens is 246 g/mol. The lowest BCUT2D eigenvalue weighted by atomic mass is 10.2. The van der Waals surface area contributed by atoms with E-state index in [0.717, 1.165) is 19.5 Å². The molecule has 1 heterocycles. The van der Waals surface area contributed by atoms with Crippen LogP contribution in [0.3, 0.4) is 0 Å². The van der Waals surface area contributed by atoms with E-state index in [4.69, 9.17) is 5.11 Å². The van der Waals surface area contributed by atoms with Crippen LogP contribution < -0.4 is 5.32 Å². The number of likely N-dealkylation sites (tertiary alicyclic amines) is 1. The first-order chi connectivity index (χ1) is 9.13. The van der Waals surface area contributed by atoms with Crippen LogP contribution in [0.1, 0.15) is 32.6 Å². The second-order valence-corrected chi connectivity index (χ2v) is 5.28. The molecule has 0 aromatic heterocycles. The van der Waals surface area contributed by atoms with Crippen LogP contribution in [0.25, 0.3) is 0 Å². The lowest BCUT2D eigenvalue weighted by Crippen LogP contribution is -2.47. The summed E-state index contributed by atoms with van der Waals surface area (Å²) in [7, 11) is 0. The van der Waals surface area contributed by atoms with E-state index in [1.165, 1.54) is 17.7 Å². The number of amides is 2. The zero-order valence-corrected chi connectivity index (χ0v) is 11.5. The van der Waals surface area contributed by atoms with Crippen LogP contribution in [-0.4, -0.2) is 65.2 Å². The fourth-order valence-electron chi connectivity index (χ4n) is 2.71. The molecule has 2 amide bonds. The summed E-state index contributed by atoms with van der Waals surface area (Å²) in [6.45, 7) is 5.11. The summed E-state index contributed by atoms with van der Waals surface area (Å²) in [6.07, 6.45) is 3.85. The number of carbonyl (C=O) groups is 2. The number of hydrogen-bond donors (Lipinski definition) is 2. The van der Waals surface area contributed by atoms with E-state index >= 15 is 0 Å². The summed E-state index contributed by atoms with van der Waals surface area (Å²) >= 11 is 0. The third-order valence-corrected chi connectivity index (χ3v) is 3.94. The van der Waals surface area contributed by atoms with Crippen molar-refractivity contribution in [2.45, 2.75) is 44.7 Å². The van der Waals surface area contributed by atoms with Gasteiger partial charge >= 0.3 is 12.0 Å². The maximum absolute atomic E-state index is 11.9. The van der Waals surface area contributed by atoms with Gasteiger partial charge in [-0.15, -0.1) is 0 Å². The molecule has 2 N–H and O–H groups in total. The van der Waals surface area contributed by atoms with Gasteiger partial charge in [0.15, 0.2) is 0 Å². The molecule has 1 aliphatic carbocycles. The first kappa shape index (κ1) is 14.1. The number of nitrogens with one attached hydrogen (secondary N) is 1. The number of aliphatic carboxylic acids is 1. The summed E-state index contributed by atoms with van der Waals surface area (Å²) < 4.78 is 0. The highest BCUT2D eigenvalue weighted by atomic mass is 16.4. The smallest absolute Gasteiger partial charge is 0.326 e. The highest BCUT2D eigenvalue weighted by Crippen LogP contribution is 2.25. The van der Waals surface area contributed by atoms with Crippen molar-refractivity contribution in [3.8, 4) is 0 Å². The van der Waals surface area contributed by atoms with Gasteiger partial charge < -0.3 is 15.3 Å². The van der Waals surface area contributed by atoms with E-state index in [2.05, 4.69) is 17.1 Å². The van der Waals surface area contributed by atoms with Gasteiger partial charge in [-0.05, 0) is 32.2 Å². The SMILES string of the molecule is CCN(CCNC(=O)N1CCCC1C(=O)O)C1CC1. The number of carbonyl (C=O) groups excluding carboxylic acids is 1. The molecule has 19 heavy (non-hydrogen) atoms. The van der Waals surface area contributed by atoms with Crippen molar-refractivity contribution < 1.29 is 14.7 Å². The molecule has 2 fully saturated rings. The van der Waals surface area contributed by atoms with Gasteiger partial charge in [-0.2, -0.15) is 0 Å². The van der Waals surface area contributed by atoms with E-state index in [1.54, 1.807) is 0 Å². The molecule has 0 bridgehead atoms. The molecule has 0 radical (unpaired) electrons. The molecule has 0 spiro atoms. The molecule has 6 nitrogen and oxygen atoms in total. The minimum Gasteiger partial charge on any atom is -0.480 e. The van der Waals surface area contributed by atoms with Gasteiger partial charge in [0, 0.05) is 25.7 Å². The monoisotopic (exact) mass is 269 g/mol. The number of carboxylic acid groups (broad SMARTS) is 1. The fourth-order valence-corrected chi connectivity index (χ4v) is 2.71. The molecule has 6 heteroatoms. The molecule has 1 atom stereocenters. The number of nitrogens with zero attached hydrogens (tertiary/aromatic N) is 2. The highest BCUT2D eigenvalue weighted by Gasteiger charge is 2.34. The average molecular weight is 269 g/mol. The summed E-state index contributed by atoms with van der Waals surface area (Å²) in [6, 6.07) is -0.192. The number of hydrogen-bond acceptors (Lipinski definition) is 3. The second-order valence-electron chi connectivity index (χ2n) is 5.28. The Hall–Kier alpha value is -1.30. The Morgan fingerprint density at radius 1 is 1.37 bits per heavy atom. The third-order valence-electron chi connectivity index (χ3n) is 3.94. The Bertz CT molecular complexity index is 344. The number of carboxylic acids is 1. The van der Waals surface area contributed by atoms with E-state index in [-0.39, 0.29) is 6.03 Å². The van der Waals surface area contributed by atoms with Crippen molar-refractivity contribution >= 4 is 12.0 Å². The van der Waals surface area contributed by atoms with Gasteiger partial charge in [-0.1, -0.05) is 6.92 Å². The summed E-state index contributed by atoms with van der Waals surface area (Å²) in [5, 5.41) is 11.9. The zero-order chi connectivity index (χ0) is 13.8. The standard InChI is InChI=1S/C13H23N3O3/c1-2-15(10-5-6-10)9-7-14-13(19)16-8-3-4-11(16)12(17)18/h10-11H,2-9H2,1H3,(H,14,19)(H,17,18). The largest absolute Gasteiger partial charge is 0.480 e. The molecule has 1 saturated carbocycles. The topological polar surface area (TPSA) is 72.9 Å². The second kappa shape index (κ2) is 6.23. The van der Waals surface area contributed by atoms with Crippen LogP contribution in [0, 0.1) is 0 Å². The van der Waals surface area contributed by atoms with Crippen LogP contribution in [-0.2, 0) is 4.79 Å². The van der Waals surface area contributed by atoms with E-state index < -0.39 is 12.0 Å². The molecular formula is C13H23N3O3. The van der Waals surface area contributed by atoms with Crippen LogP contribution in [0.2, 0.25) is 0 Å². The van der Waals surface area contributed by atoms with Gasteiger partial charge in [0.2, 0.25) is 0 Å². The van der Waals surface area contributed by atoms with Crippen LogP contribution in [0.4, 0.5) is 4.79 Å². The summed E-state index contributed by atoms with van der Waals surface area (Å²) in [4.78, 5) is 26.8. The first-order valence-corrected chi connectivity index (χ1v) is 7.14. The van der Waals surface area contributed by atoms with Crippen LogP contribution >= 0.6 is 0 Å². The molecule has 1 unspecified atom stereocenters. The number of urea groups is 1. The Balaban J connectivity index is 1.73. The number of rotatable bonds is 6. The van der Waals surface area contributed by atoms with Crippen molar-refractivity contribution in [2.75, 3.05) is 26.2 Å². The highest BCUT2D eigenvalue weighted by molar-refractivity contribution is 5.83. The van der Waals surface area contributed by atoms with Crippen LogP contribution in [0.5, 0.6) is 0 Å². The quantitative estimate of drug-likeness (QED) is 0.745. The molecule has 0 aromatic rings. The first-order valence-electron chi connectivity index (χ1n) is 7.14. The van der Waals surface area contributed by atoms with Gasteiger partial charge in [0.25, 0.3) is 0 Å². The van der Waals surface area contributed by atoms with E-state index in [9.17, 15) is 9.59 Å². The van der Waals surface area contributed by atoms with Crippen LogP contribution in [0.15, 0.2) is 0 Å². The molecule has 2 aliphatic rings. The average Bonchev–Trinajstić information content (AvgIpc) is 3.09. The van der Waals surface area contributed by atoms with Crippen molar-refractivity contribution in [3.05, 3.63) is 0 Å². The minimum absolute atomic E-state index is 0.239. The lowest BCUT2D eigenvalue weighted by molar-refractivity contribution is -0.141. The van der Waals surface area contributed by atoms with Gasteiger partial charge in [-0.25, -0.2) is 9.59 Å². The maximum atomic E-state index is 11.9. The molecule has 0 aromatic carbocycles. The lowest BCUT2D eigenvalue weighted by Gasteiger charge is -2.24. The summed E-state index contributed by atoms with van der Waals surface area (Å²) in [5.74, 6) is -0.902. The molecule has 108 valence electrons. The molecule has 1 saturated heterocycles. The van der Waals surface area contributed by atoms with Gasteiger partial charge in [0.05, 0.1) is 0 Å². The van der Waals surface area contributed by atoms with Crippen molar-refractivity contribution in [3.63, 3.8) is 0 Å². The van der Waals surface area contributed by atoms with Crippen molar-refractivity contribution in [2.24, 2.45) is 0 Å². The Morgan fingerprint density at radius 2 is 2.11 bits per heavy atom. The maximum Gasteiger partial charge on any atom is 0.326 e. The number of likely N-dealkylation sites (N-methyl/N-ethyl adjacent to an activating group) is 1. The van der Waals surface area contributed by atoms with Gasteiger partial charge in [0.1, 0.15) is 6.04 Å². The Morgan fingerprint density at radius 3 is 2.68 bits per heavy atom. The van der Waals surface area contributed by atoms with Crippen molar-refractivity contribution in [1.29, 1.82) is 0 Å². The predicted molar refractivity (Wildman–Crippen MR) is 71.0 cm³/mol. The summed E-state index contributed by atoms with van der Waals surface area (Å²) in [5.41, 5.74) is 0. The Kier molecular flexibility index (Phi) is 4.63. The zero-order valence-electron chi connectivity index (χ0n) is 11.5. The fraction of sp³-hybridized carbons (Fsp3) is 0.846. The molecule has 2 rings (SSSR count).